The number of ether oxygens (including phenoxy) is 1. The summed E-state index contributed by atoms with van der Waals surface area (Å²) in [7, 11) is 1.56. The average Bonchev–Trinajstić information content (AvgIpc) is 2.10. The summed E-state index contributed by atoms with van der Waals surface area (Å²) in [6.45, 7) is 0.391. The van der Waals surface area contributed by atoms with E-state index in [9.17, 15) is 4.39 Å². The molecule has 0 heterocycles. The molecule has 2 nitrogen and oxygen atoms in total. The van der Waals surface area contributed by atoms with E-state index in [1.54, 1.807) is 13.2 Å². The Hall–Kier alpha value is -0.640. The van der Waals surface area contributed by atoms with Crippen LogP contribution in [0.3, 0.4) is 0 Å². The van der Waals surface area contributed by atoms with Gasteiger partial charge in [0.15, 0.2) is 0 Å². The second-order valence-electron chi connectivity index (χ2n) is 2.74. The van der Waals surface area contributed by atoms with Crippen LogP contribution in [0, 0.1) is 5.82 Å². The Labute approximate surface area is 81.4 Å². The molecule has 0 saturated heterocycles. The Kier molecular flexibility index (Phi) is 3.66. The fraction of sp³-hybridized carbons (Fsp3) is 0.333. The minimum absolute atomic E-state index is 0.0871. The van der Waals surface area contributed by atoms with Crippen LogP contribution in [0.25, 0.3) is 0 Å². The van der Waals surface area contributed by atoms with Crippen LogP contribution in [-0.2, 0) is 4.74 Å². The Balaban J connectivity index is 2.84. The third kappa shape index (κ3) is 2.66. The predicted octanol–water partition coefficient (Wildman–Crippen LogP) is 2.13. The summed E-state index contributed by atoms with van der Waals surface area (Å²) in [6.07, 6.45) is 0. The first-order valence-corrected chi connectivity index (χ1v) is 4.22. The Morgan fingerprint density at radius 3 is 2.85 bits per heavy atom. The smallest absolute Gasteiger partial charge is 0.141 e. The lowest BCUT2D eigenvalue weighted by Gasteiger charge is -2.10. The molecule has 0 aliphatic rings. The molecule has 4 heteroatoms. The lowest BCUT2D eigenvalue weighted by atomic mass is 10.1. The first-order chi connectivity index (χ1) is 6.15. The standard InChI is InChI=1S/C9H11ClFNO/c1-13-5-9(12)6-2-3-8(11)7(10)4-6/h2-4,9H,5,12H2,1H3. The highest BCUT2D eigenvalue weighted by atomic mass is 35.5. The van der Waals surface area contributed by atoms with Crippen LogP contribution in [-0.4, -0.2) is 13.7 Å². The van der Waals surface area contributed by atoms with Crippen LogP contribution in [0.2, 0.25) is 5.02 Å². The third-order valence-corrected chi connectivity index (χ3v) is 2.01. The SMILES string of the molecule is COCC(N)c1ccc(F)c(Cl)c1. The summed E-state index contributed by atoms with van der Waals surface area (Å²) in [5.41, 5.74) is 6.49. The van der Waals surface area contributed by atoms with E-state index in [0.29, 0.717) is 6.61 Å². The highest BCUT2D eigenvalue weighted by molar-refractivity contribution is 6.30. The molecule has 1 atom stereocenters. The summed E-state index contributed by atoms with van der Waals surface area (Å²) < 4.78 is 17.6. The molecule has 72 valence electrons. The van der Waals surface area contributed by atoms with Gasteiger partial charge in [0.05, 0.1) is 17.7 Å². The first kappa shape index (κ1) is 10.4. The van der Waals surface area contributed by atoms with Crippen LogP contribution in [0.1, 0.15) is 11.6 Å². The Morgan fingerprint density at radius 2 is 2.31 bits per heavy atom. The van der Waals surface area contributed by atoms with Gasteiger partial charge in [-0.2, -0.15) is 0 Å². The lowest BCUT2D eigenvalue weighted by Crippen LogP contribution is -2.16. The van der Waals surface area contributed by atoms with E-state index in [2.05, 4.69) is 0 Å². The number of rotatable bonds is 3. The Bertz CT molecular complexity index is 293. The van der Waals surface area contributed by atoms with Gasteiger partial charge in [-0.15, -0.1) is 0 Å². The van der Waals surface area contributed by atoms with Gasteiger partial charge in [-0.25, -0.2) is 4.39 Å². The molecule has 1 aromatic carbocycles. The zero-order chi connectivity index (χ0) is 9.84. The van der Waals surface area contributed by atoms with Gasteiger partial charge in [-0.1, -0.05) is 17.7 Å². The van der Waals surface area contributed by atoms with Crippen molar-refractivity contribution in [2.24, 2.45) is 5.73 Å². The number of benzene rings is 1. The molecule has 0 fully saturated rings. The first-order valence-electron chi connectivity index (χ1n) is 3.84. The van der Waals surface area contributed by atoms with E-state index in [0.717, 1.165) is 5.56 Å². The molecule has 0 radical (unpaired) electrons. The van der Waals surface area contributed by atoms with Gasteiger partial charge in [0.1, 0.15) is 5.82 Å². The van der Waals surface area contributed by atoms with E-state index < -0.39 is 5.82 Å². The second-order valence-corrected chi connectivity index (χ2v) is 3.14. The molecule has 1 unspecified atom stereocenters. The molecule has 2 N–H and O–H groups in total. The van der Waals surface area contributed by atoms with Gasteiger partial charge < -0.3 is 10.5 Å². The number of halogens is 2. The third-order valence-electron chi connectivity index (χ3n) is 1.72. The molecule has 0 aliphatic carbocycles. The molecule has 1 rings (SSSR count). The molecule has 13 heavy (non-hydrogen) atoms. The number of nitrogens with two attached hydrogens (primary N) is 1. The quantitative estimate of drug-likeness (QED) is 0.817. The molecule has 0 amide bonds. The highest BCUT2D eigenvalue weighted by Crippen LogP contribution is 2.19. The van der Waals surface area contributed by atoms with E-state index in [1.165, 1.54) is 12.1 Å². The van der Waals surface area contributed by atoms with E-state index in [1.807, 2.05) is 0 Å². The molecule has 0 saturated carbocycles. The van der Waals surface area contributed by atoms with Gasteiger partial charge in [-0.3, -0.25) is 0 Å². The highest BCUT2D eigenvalue weighted by Gasteiger charge is 2.07. The van der Waals surface area contributed by atoms with Crippen molar-refractivity contribution >= 4 is 11.6 Å². The normalized spacial score (nSPS) is 12.9. The van der Waals surface area contributed by atoms with Gasteiger partial charge in [0.25, 0.3) is 0 Å². The molecule has 0 aromatic heterocycles. The van der Waals surface area contributed by atoms with Gasteiger partial charge >= 0.3 is 0 Å². The monoisotopic (exact) mass is 203 g/mol. The summed E-state index contributed by atoms with van der Waals surface area (Å²) in [4.78, 5) is 0. The van der Waals surface area contributed by atoms with Gasteiger partial charge in [0.2, 0.25) is 0 Å². The maximum Gasteiger partial charge on any atom is 0.141 e. The van der Waals surface area contributed by atoms with Crippen LogP contribution in [0.5, 0.6) is 0 Å². The van der Waals surface area contributed by atoms with Crippen molar-refractivity contribution in [3.63, 3.8) is 0 Å². The van der Waals surface area contributed by atoms with Gasteiger partial charge in [0, 0.05) is 7.11 Å². The van der Waals surface area contributed by atoms with Crippen LogP contribution in [0.15, 0.2) is 18.2 Å². The average molecular weight is 204 g/mol. The number of hydrogen-bond donors (Lipinski definition) is 1. The van der Waals surface area contributed by atoms with Crippen LogP contribution in [0.4, 0.5) is 4.39 Å². The van der Waals surface area contributed by atoms with Crippen molar-refractivity contribution in [2.75, 3.05) is 13.7 Å². The second kappa shape index (κ2) is 4.56. The van der Waals surface area contributed by atoms with E-state index in [4.69, 9.17) is 22.1 Å². The van der Waals surface area contributed by atoms with Crippen molar-refractivity contribution in [1.29, 1.82) is 0 Å². The fourth-order valence-electron chi connectivity index (χ4n) is 1.02. The zero-order valence-electron chi connectivity index (χ0n) is 7.26. The largest absolute Gasteiger partial charge is 0.383 e. The molecule has 0 bridgehead atoms. The van der Waals surface area contributed by atoms with Crippen molar-refractivity contribution in [3.05, 3.63) is 34.6 Å². The van der Waals surface area contributed by atoms with Crippen molar-refractivity contribution < 1.29 is 9.13 Å². The summed E-state index contributed by atoms with van der Waals surface area (Å²) in [5, 5.41) is 0.0871. The number of hydrogen-bond acceptors (Lipinski definition) is 2. The minimum Gasteiger partial charge on any atom is -0.383 e. The number of methoxy groups -OCH3 is 1. The lowest BCUT2D eigenvalue weighted by molar-refractivity contribution is 0.181. The fourth-order valence-corrected chi connectivity index (χ4v) is 1.21. The van der Waals surface area contributed by atoms with E-state index >= 15 is 0 Å². The maximum atomic E-state index is 12.7. The summed E-state index contributed by atoms with van der Waals surface area (Å²) in [6, 6.07) is 4.15. The van der Waals surface area contributed by atoms with Crippen molar-refractivity contribution in [3.8, 4) is 0 Å². The summed E-state index contributed by atoms with van der Waals surface area (Å²) >= 11 is 5.59. The zero-order valence-corrected chi connectivity index (χ0v) is 8.01. The predicted molar refractivity (Wildman–Crippen MR) is 50.2 cm³/mol. The maximum absolute atomic E-state index is 12.7. The van der Waals surface area contributed by atoms with Crippen LogP contribution < -0.4 is 5.73 Å². The van der Waals surface area contributed by atoms with Crippen molar-refractivity contribution in [2.45, 2.75) is 6.04 Å². The molecule has 1 aromatic rings. The van der Waals surface area contributed by atoms with E-state index in [-0.39, 0.29) is 11.1 Å². The topological polar surface area (TPSA) is 35.2 Å². The molecule has 0 aliphatic heterocycles. The van der Waals surface area contributed by atoms with Crippen molar-refractivity contribution in [1.82, 2.24) is 0 Å². The summed E-state index contributed by atoms with van der Waals surface area (Å²) in [5.74, 6) is -0.435. The Morgan fingerprint density at radius 1 is 1.62 bits per heavy atom. The van der Waals surface area contributed by atoms with Gasteiger partial charge in [-0.05, 0) is 17.7 Å². The molecular formula is C9H11ClFNO. The molecule has 0 spiro atoms. The van der Waals surface area contributed by atoms with Crippen LogP contribution >= 0.6 is 11.6 Å². The minimum atomic E-state index is -0.435. The molecular weight excluding hydrogens is 193 g/mol.